The number of hydrogen-bond acceptors (Lipinski definition) is 5. The van der Waals surface area contributed by atoms with Gasteiger partial charge in [0.25, 0.3) is 0 Å². The Hall–Kier alpha value is -2.87. The monoisotopic (exact) mass is 404 g/mol. The van der Waals surface area contributed by atoms with Crippen molar-refractivity contribution in [1.29, 1.82) is 0 Å². The number of anilines is 1. The summed E-state index contributed by atoms with van der Waals surface area (Å²) in [6, 6.07) is 4.23. The summed E-state index contributed by atoms with van der Waals surface area (Å²) in [6.45, 7) is 4.84. The van der Waals surface area contributed by atoms with E-state index in [1.165, 1.54) is 18.3 Å². The number of aromatic nitrogens is 1. The van der Waals surface area contributed by atoms with Crippen LogP contribution in [0.4, 0.5) is 10.1 Å². The SMILES string of the molecule is COCCCOc1cc2c(cc1F)-c1cc(=O)c(C(=O)O)cn1C(C(C)C)N2C. The molecule has 7 nitrogen and oxygen atoms in total. The third-order valence-electron chi connectivity index (χ3n) is 5.04. The average molecular weight is 404 g/mol. The van der Waals surface area contributed by atoms with Crippen LogP contribution in [0.25, 0.3) is 11.3 Å². The Morgan fingerprint density at radius 3 is 2.62 bits per heavy atom. The van der Waals surface area contributed by atoms with Crippen LogP contribution < -0.4 is 15.1 Å². The van der Waals surface area contributed by atoms with E-state index in [1.54, 1.807) is 17.7 Å². The molecule has 1 aromatic carbocycles. The Bertz CT molecular complexity index is 986. The lowest BCUT2D eigenvalue weighted by molar-refractivity contribution is 0.0694. The highest BCUT2D eigenvalue weighted by Gasteiger charge is 2.32. The van der Waals surface area contributed by atoms with Crippen LogP contribution in [0.2, 0.25) is 0 Å². The summed E-state index contributed by atoms with van der Waals surface area (Å²) in [5.41, 5.74) is 0.794. The van der Waals surface area contributed by atoms with E-state index < -0.39 is 17.2 Å². The number of ether oxygens (including phenoxy) is 2. The van der Waals surface area contributed by atoms with E-state index in [0.29, 0.717) is 36.6 Å². The summed E-state index contributed by atoms with van der Waals surface area (Å²) in [4.78, 5) is 25.7. The number of methoxy groups -OCH3 is 1. The Balaban J connectivity index is 2.14. The number of halogens is 1. The average Bonchev–Trinajstić information content (AvgIpc) is 2.65. The smallest absolute Gasteiger partial charge is 0.341 e. The molecular weight excluding hydrogens is 379 g/mol. The van der Waals surface area contributed by atoms with E-state index in [1.807, 2.05) is 25.8 Å². The van der Waals surface area contributed by atoms with Gasteiger partial charge in [-0.1, -0.05) is 13.8 Å². The molecule has 1 N–H and O–H groups in total. The molecule has 0 bridgehead atoms. The number of nitrogens with zero attached hydrogens (tertiary/aromatic N) is 2. The summed E-state index contributed by atoms with van der Waals surface area (Å²) in [6.07, 6.45) is 1.73. The number of fused-ring (bicyclic) bond motifs is 3. The van der Waals surface area contributed by atoms with Crippen molar-refractivity contribution in [2.75, 3.05) is 32.3 Å². The number of benzene rings is 1. The van der Waals surface area contributed by atoms with Gasteiger partial charge in [0.05, 0.1) is 18.0 Å². The molecule has 156 valence electrons. The first-order valence-corrected chi connectivity index (χ1v) is 9.44. The molecule has 0 saturated heterocycles. The van der Waals surface area contributed by atoms with Crippen molar-refractivity contribution < 1.29 is 23.8 Å². The van der Waals surface area contributed by atoms with Gasteiger partial charge in [-0.05, 0) is 12.0 Å². The van der Waals surface area contributed by atoms with Gasteiger partial charge in [0.15, 0.2) is 17.0 Å². The third-order valence-corrected chi connectivity index (χ3v) is 5.04. The summed E-state index contributed by atoms with van der Waals surface area (Å²) in [5.74, 6) is -1.61. The highest BCUT2D eigenvalue weighted by Crippen LogP contribution is 2.44. The zero-order valence-corrected chi connectivity index (χ0v) is 16.9. The lowest BCUT2D eigenvalue weighted by Gasteiger charge is -2.41. The number of hydrogen-bond donors (Lipinski definition) is 1. The molecule has 1 aliphatic heterocycles. The maximum absolute atomic E-state index is 14.7. The fourth-order valence-electron chi connectivity index (χ4n) is 3.78. The minimum Gasteiger partial charge on any atom is -0.490 e. The molecule has 0 fully saturated rings. The molecule has 0 radical (unpaired) electrons. The van der Waals surface area contributed by atoms with E-state index in [-0.39, 0.29) is 23.4 Å². The second kappa shape index (κ2) is 8.24. The summed E-state index contributed by atoms with van der Waals surface area (Å²) in [7, 11) is 3.45. The third kappa shape index (κ3) is 3.85. The molecule has 1 atom stereocenters. The highest BCUT2D eigenvalue weighted by atomic mass is 19.1. The number of pyridine rings is 1. The molecule has 2 aromatic rings. The normalized spacial score (nSPS) is 15.2. The predicted octanol–water partition coefficient (Wildman–Crippen LogP) is 3.37. The first-order chi connectivity index (χ1) is 13.8. The predicted molar refractivity (Wildman–Crippen MR) is 107 cm³/mol. The molecule has 0 spiro atoms. The van der Waals surface area contributed by atoms with Crippen LogP contribution in [0, 0.1) is 11.7 Å². The minimum absolute atomic E-state index is 0.0900. The van der Waals surface area contributed by atoms with E-state index in [9.17, 15) is 19.1 Å². The summed E-state index contributed by atoms with van der Waals surface area (Å²) in [5, 5.41) is 9.34. The van der Waals surface area contributed by atoms with Crippen molar-refractivity contribution in [3.8, 4) is 17.0 Å². The minimum atomic E-state index is -1.28. The molecule has 3 rings (SSSR count). The van der Waals surface area contributed by atoms with Crippen molar-refractivity contribution in [2.45, 2.75) is 26.4 Å². The Morgan fingerprint density at radius 1 is 1.28 bits per heavy atom. The Kier molecular flexibility index (Phi) is 5.93. The number of rotatable bonds is 7. The van der Waals surface area contributed by atoms with Crippen molar-refractivity contribution >= 4 is 11.7 Å². The number of carbonyl (C=O) groups is 1. The van der Waals surface area contributed by atoms with Crippen LogP contribution in [0.15, 0.2) is 29.2 Å². The fraction of sp³-hybridized carbons (Fsp3) is 0.429. The van der Waals surface area contributed by atoms with Gasteiger partial charge in [0, 0.05) is 51.1 Å². The van der Waals surface area contributed by atoms with Gasteiger partial charge in [-0.3, -0.25) is 4.79 Å². The van der Waals surface area contributed by atoms with Crippen LogP contribution in [-0.4, -0.2) is 43.0 Å². The maximum atomic E-state index is 14.7. The van der Waals surface area contributed by atoms with Crippen molar-refractivity contribution in [3.05, 3.63) is 46.0 Å². The van der Waals surface area contributed by atoms with Gasteiger partial charge in [0.1, 0.15) is 11.7 Å². The molecule has 0 saturated carbocycles. The second-order valence-electron chi connectivity index (χ2n) is 7.41. The van der Waals surface area contributed by atoms with Crippen LogP contribution in [0.3, 0.4) is 0 Å². The van der Waals surface area contributed by atoms with Crippen LogP contribution in [-0.2, 0) is 4.74 Å². The van der Waals surface area contributed by atoms with Crippen molar-refractivity contribution in [1.82, 2.24) is 4.57 Å². The van der Waals surface area contributed by atoms with Gasteiger partial charge in [-0.25, -0.2) is 9.18 Å². The van der Waals surface area contributed by atoms with Crippen LogP contribution >= 0.6 is 0 Å². The molecule has 0 amide bonds. The zero-order valence-electron chi connectivity index (χ0n) is 16.9. The topological polar surface area (TPSA) is 81.0 Å². The van der Waals surface area contributed by atoms with E-state index in [4.69, 9.17) is 9.47 Å². The molecule has 29 heavy (non-hydrogen) atoms. The molecule has 0 aliphatic carbocycles. The van der Waals surface area contributed by atoms with Gasteiger partial charge >= 0.3 is 5.97 Å². The van der Waals surface area contributed by atoms with Crippen LogP contribution in [0.1, 0.15) is 36.8 Å². The number of carboxylic acid groups (broad SMARTS) is 1. The summed E-state index contributed by atoms with van der Waals surface area (Å²) >= 11 is 0. The number of aromatic carboxylic acids is 1. The molecule has 1 unspecified atom stereocenters. The van der Waals surface area contributed by atoms with Crippen molar-refractivity contribution in [2.24, 2.45) is 5.92 Å². The van der Waals surface area contributed by atoms with Gasteiger partial charge < -0.3 is 24.0 Å². The molecule has 1 aromatic heterocycles. The highest BCUT2D eigenvalue weighted by molar-refractivity contribution is 5.88. The number of carboxylic acids is 1. The zero-order chi connectivity index (χ0) is 21.3. The molecule has 2 heterocycles. The lowest BCUT2D eigenvalue weighted by Crippen LogP contribution is -2.38. The molecule has 1 aliphatic rings. The lowest BCUT2D eigenvalue weighted by atomic mass is 9.98. The standard InChI is InChI=1S/C21H25FN2O5/c1-12(2)20-23(3)16-10-19(29-7-5-6-28-4)15(22)8-13(16)17-9-18(25)14(21(26)27)11-24(17)20/h8-12,20H,5-7H2,1-4H3,(H,26,27). The fourth-order valence-corrected chi connectivity index (χ4v) is 3.78. The van der Waals surface area contributed by atoms with Gasteiger partial charge in [0.2, 0.25) is 0 Å². The molecular formula is C21H25FN2O5. The maximum Gasteiger partial charge on any atom is 0.341 e. The van der Waals surface area contributed by atoms with E-state index in [0.717, 1.165) is 0 Å². The van der Waals surface area contributed by atoms with E-state index >= 15 is 0 Å². The Labute approximate surface area is 168 Å². The first kappa shape index (κ1) is 20.9. The van der Waals surface area contributed by atoms with Gasteiger partial charge in [-0.2, -0.15) is 0 Å². The second-order valence-corrected chi connectivity index (χ2v) is 7.41. The van der Waals surface area contributed by atoms with E-state index in [2.05, 4.69) is 0 Å². The van der Waals surface area contributed by atoms with Crippen molar-refractivity contribution in [3.63, 3.8) is 0 Å². The largest absolute Gasteiger partial charge is 0.490 e. The molecule has 8 heteroatoms. The van der Waals surface area contributed by atoms with Gasteiger partial charge in [-0.15, -0.1) is 0 Å². The quantitative estimate of drug-likeness (QED) is 0.713. The first-order valence-electron chi connectivity index (χ1n) is 9.44. The van der Waals surface area contributed by atoms with Crippen LogP contribution in [0.5, 0.6) is 5.75 Å². The summed E-state index contributed by atoms with van der Waals surface area (Å²) < 4.78 is 27.0. The Morgan fingerprint density at radius 2 is 2.00 bits per heavy atom.